The lowest BCUT2D eigenvalue weighted by molar-refractivity contribution is 0.596. The number of nitrogens with two attached hydrogens (primary N) is 1. The number of primary sulfonamides is 1. The van der Waals surface area contributed by atoms with Crippen molar-refractivity contribution in [1.82, 2.24) is 4.98 Å². The van der Waals surface area contributed by atoms with Crippen molar-refractivity contribution in [2.75, 3.05) is 18.5 Å². The monoisotopic (exact) mass is 305 g/mol. The molecular formula is C15H19N3O2S. The first kappa shape index (κ1) is 15.5. The number of aromatic nitrogens is 1. The van der Waals surface area contributed by atoms with E-state index in [-0.39, 0.29) is 10.8 Å². The quantitative estimate of drug-likeness (QED) is 0.916. The van der Waals surface area contributed by atoms with E-state index in [2.05, 4.69) is 24.0 Å². The highest BCUT2D eigenvalue weighted by molar-refractivity contribution is 7.89. The number of anilines is 1. The van der Waals surface area contributed by atoms with E-state index in [9.17, 15) is 8.42 Å². The Balaban J connectivity index is 2.24. The highest BCUT2D eigenvalue weighted by Crippen LogP contribution is 2.23. The van der Waals surface area contributed by atoms with Gasteiger partial charge in [-0.15, -0.1) is 0 Å². The highest BCUT2D eigenvalue weighted by atomic mass is 32.2. The maximum atomic E-state index is 11.6. The van der Waals surface area contributed by atoms with Crippen LogP contribution in [0.25, 0.3) is 0 Å². The Bertz CT molecular complexity index is 702. The van der Waals surface area contributed by atoms with Crippen molar-refractivity contribution in [3.63, 3.8) is 0 Å². The molecule has 1 atom stereocenters. The Morgan fingerprint density at radius 3 is 2.48 bits per heavy atom. The summed E-state index contributed by atoms with van der Waals surface area (Å²) < 4.78 is 23.3. The second-order valence-corrected chi connectivity index (χ2v) is 6.59. The fraction of sp³-hybridized carbons (Fsp3) is 0.267. The first-order chi connectivity index (χ1) is 9.89. The SMILES string of the molecule is C[C@@H](CN(C)c1ncccc1S(N)(=O)=O)c1ccccc1. The summed E-state index contributed by atoms with van der Waals surface area (Å²) in [5.74, 6) is 0.620. The van der Waals surface area contributed by atoms with Crippen LogP contribution in [0.4, 0.5) is 5.82 Å². The molecule has 1 aromatic heterocycles. The van der Waals surface area contributed by atoms with Gasteiger partial charge < -0.3 is 4.90 Å². The number of rotatable bonds is 5. The van der Waals surface area contributed by atoms with E-state index < -0.39 is 10.0 Å². The van der Waals surface area contributed by atoms with Crippen molar-refractivity contribution < 1.29 is 8.42 Å². The molecule has 0 amide bonds. The molecule has 2 rings (SSSR count). The van der Waals surface area contributed by atoms with E-state index in [4.69, 9.17) is 5.14 Å². The number of likely N-dealkylation sites (N-methyl/N-ethyl adjacent to an activating group) is 1. The largest absolute Gasteiger partial charge is 0.358 e. The van der Waals surface area contributed by atoms with Crippen LogP contribution < -0.4 is 10.0 Å². The molecule has 0 radical (unpaired) electrons. The van der Waals surface area contributed by atoms with Crippen molar-refractivity contribution in [2.45, 2.75) is 17.7 Å². The predicted octanol–water partition coefficient (Wildman–Crippen LogP) is 1.97. The van der Waals surface area contributed by atoms with Crippen LogP contribution in [0, 0.1) is 0 Å². The van der Waals surface area contributed by atoms with Gasteiger partial charge in [-0.2, -0.15) is 0 Å². The molecule has 112 valence electrons. The van der Waals surface area contributed by atoms with Gasteiger partial charge in [0.1, 0.15) is 10.7 Å². The third-order valence-electron chi connectivity index (χ3n) is 3.34. The van der Waals surface area contributed by atoms with Crippen molar-refractivity contribution in [3.8, 4) is 0 Å². The summed E-state index contributed by atoms with van der Waals surface area (Å²) in [6.07, 6.45) is 1.56. The number of hydrogen-bond acceptors (Lipinski definition) is 4. The zero-order valence-electron chi connectivity index (χ0n) is 12.1. The lowest BCUT2D eigenvalue weighted by atomic mass is 10.0. The van der Waals surface area contributed by atoms with Gasteiger partial charge >= 0.3 is 0 Å². The zero-order chi connectivity index (χ0) is 15.5. The molecule has 2 aromatic rings. The van der Waals surface area contributed by atoms with Gasteiger partial charge in [-0.1, -0.05) is 37.3 Å². The average Bonchev–Trinajstić information content (AvgIpc) is 2.47. The second kappa shape index (κ2) is 6.24. The smallest absolute Gasteiger partial charge is 0.241 e. The van der Waals surface area contributed by atoms with Gasteiger partial charge in [0.15, 0.2) is 0 Å². The number of pyridine rings is 1. The van der Waals surface area contributed by atoms with Crippen molar-refractivity contribution >= 4 is 15.8 Å². The van der Waals surface area contributed by atoms with Crippen LogP contribution in [0.1, 0.15) is 18.4 Å². The van der Waals surface area contributed by atoms with Crippen LogP contribution in [0.5, 0.6) is 0 Å². The number of hydrogen-bond donors (Lipinski definition) is 1. The average molecular weight is 305 g/mol. The molecule has 0 saturated heterocycles. The zero-order valence-corrected chi connectivity index (χ0v) is 12.9. The molecule has 6 heteroatoms. The molecule has 0 aliphatic heterocycles. The first-order valence-electron chi connectivity index (χ1n) is 6.63. The summed E-state index contributed by atoms with van der Waals surface area (Å²) in [5, 5.41) is 5.24. The standard InChI is InChI=1S/C15H19N3O2S/c1-12(13-7-4-3-5-8-13)11-18(2)15-14(21(16,19)20)9-6-10-17-15/h3-10,12H,11H2,1-2H3,(H2,16,19,20)/t12-/m0/s1. The van der Waals surface area contributed by atoms with Crippen molar-refractivity contribution in [2.24, 2.45) is 5.14 Å². The van der Waals surface area contributed by atoms with Crippen LogP contribution in [-0.2, 0) is 10.0 Å². The molecule has 0 fully saturated rings. The minimum atomic E-state index is -3.78. The van der Waals surface area contributed by atoms with E-state index in [1.54, 1.807) is 12.3 Å². The van der Waals surface area contributed by atoms with E-state index >= 15 is 0 Å². The molecule has 21 heavy (non-hydrogen) atoms. The third-order valence-corrected chi connectivity index (χ3v) is 4.27. The number of sulfonamides is 1. The van der Waals surface area contributed by atoms with E-state index in [1.165, 1.54) is 11.6 Å². The topological polar surface area (TPSA) is 76.3 Å². The van der Waals surface area contributed by atoms with Gasteiger partial charge in [0, 0.05) is 19.8 Å². The van der Waals surface area contributed by atoms with Crippen LogP contribution in [-0.4, -0.2) is 27.0 Å². The molecule has 1 heterocycles. The maximum absolute atomic E-state index is 11.6. The van der Waals surface area contributed by atoms with Crippen molar-refractivity contribution in [3.05, 3.63) is 54.2 Å². The Morgan fingerprint density at radius 1 is 1.19 bits per heavy atom. The Morgan fingerprint density at radius 2 is 1.86 bits per heavy atom. The predicted molar refractivity (Wildman–Crippen MR) is 83.7 cm³/mol. The van der Waals surface area contributed by atoms with E-state index in [0.717, 1.165) is 0 Å². The molecule has 1 aromatic carbocycles. The van der Waals surface area contributed by atoms with Gasteiger partial charge in [0.25, 0.3) is 0 Å². The molecule has 0 bridgehead atoms. The Kier molecular flexibility index (Phi) is 4.59. The summed E-state index contributed by atoms with van der Waals surface area (Å²) in [5.41, 5.74) is 1.19. The lowest BCUT2D eigenvalue weighted by Gasteiger charge is -2.24. The fourth-order valence-corrected chi connectivity index (χ4v) is 3.01. The third kappa shape index (κ3) is 3.80. The summed E-state index contributed by atoms with van der Waals surface area (Å²) in [6, 6.07) is 13.1. The lowest BCUT2D eigenvalue weighted by Crippen LogP contribution is -2.27. The highest BCUT2D eigenvalue weighted by Gasteiger charge is 2.19. The molecule has 0 aliphatic carbocycles. The van der Waals surface area contributed by atoms with Gasteiger partial charge in [0.2, 0.25) is 10.0 Å². The van der Waals surface area contributed by atoms with Gasteiger partial charge in [0.05, 0.1) is 0 Å². The van der Waals surface area contributed by atoms with E-state index in [0.29, 0.717) is 12.4 Å². The summed E-state index contributed by atoms with van der Waals surface area (Å²) >= 11 is 0. The maximum Gasteiger partial charge on any atom is 0.241 e. The van der Waals surface area contributed by atoms with Gasteiger partial charge in [-0.3, -0.25) is 0 Å². The summed E-state index contributed by atoms with van der Waals surface area (Å²) in [7, 11) is -1.97. The molecule has 5 nitrogen and oxygen atoms in total. The van der Waals surface area contributed by atoms with Crippen LogP contribution >= 0.6 is 0 Å². The normalized spacial score (nSPS) is 12.9. The van der Waals surface area contributed by atoms with Crippen molar-refractivity contribution in [1.29, 1.82) is 0 Å². The second-order valence-electron chi connectivity index (χ2n) is 5.06. The number of nitrogens with zero attached hydrogens (tertiary/aromatic N) is 2. The Hall–Kier alpha value is -1.92. The molecule has 0 saturated carbocycles. The minimum absolute atomic E-state index is 0.0489. The molecule has 0 spiro atoms. The van der Waals surface area contributed by atoms with Crippen LogP contribution in [0.3, 0.4) is 0 Å². The summed E-state index contributed by atoms with van der Waals surface area (Å²) in [4.78, 5) is 6.02. The Labute approximate surface area is 125 Å². The van der Waals surface area contributed by atoms with Gasteiger partial charge in [-0.25, -0.2) is 18.5 Å². The summed E-state index contributed by atoms with van der Waals surface area (Å²) in [6.45, 7) is 2.73. The molecule has 2 N–H and O–H groups in total. The van der Waals surface area contributed by atoms with Crippen LogP contribution in [0.2, 0.25) is 0 Å². The number of benzene rings is 1. The molecule has 0 aliphatic rings. The minimum Gasteiger partial charge on any atom is -0.358 e. The van der Waals surface area contributed by atoms with E-state index in [1.807, 2.05) is 30.1 Å². The van der Waals surface area contributed by atoms with Gasteiger partial charge in [-0.05, 0) is 23.6 Å². The van der Waals surface area contributed by atoms with Crippen LogP contribution in [0.15, 0.2) is 53.6 Å². The molecular weight excluding hydrogens is 286 g/mol. The molecule has 0 unspecified atom stereocenters. The first-order valence-corrected chi connectivity index (χ1v) is 8.18. The fourth-order valence-electron chi connectivity index (χ4n) is 2.28.